The van der Waals surface area contributed by atoms with Crippen LogP contribution in [0.3, 0.4) is 0 Å². The molecular formula is C15H17NO4. The Morgan fingerprint density at radius 2 is 2.00 bits per heavy atom. The molecule has 1 N–H and O–H groups in total. The maximum Gasteiger partial charge on any atom is 0.303 e. The third kappa shape index (κ3) is 3.04. The maximum atomic E-state index is 11.9. The van der Waals surface area contributed by atoms with E-state index in [1.165, 1.54) is 6.92 Å². The van der Waals surface area contributed by atoms with Gasteiger partial charge in [0.05, 0.1) is 6.42 Å². The van der Waals surface area contributed by atoms with Crippen molar-refractivity contribution in [2.45, 2.75) is 32.6 Å². The Balaban J connectivity index is 2.21. The Bertz CT molecular complexity index is 565. The van der Waals surface area contributed by atoms with Gasteiger partial charge in [-0.3, -0.25) is 14.4 Å². The number of benzene rings is 1. The predicted octanol–water partition coefficient (Wildman–Crippen LogP) is 2.03. The van der Waals surface area contributed by atoms with Crippen molar-refractivity contribution < 1.29 is 19.5 Å². The molecule has 1 amide bonds. The number of fused-ring (bicyclic) bond motifs is 1. The lowest BCUT2D eigenvalue weighted by atomic mass is 9.96. The number of carboxylic acids is 1. The number of amides is 1. The van der Waals surface area contributed by atoms with E-state index in [0.29, 0.717) is 12.1 Å². The van der Waals surface area contributed by atoms with Crippen LogP contribution in [0.15, 0.2) is 18.2 Å². The second kappa shape index (κ2) is 5.86. The van der Waals surface area contributed by atoms with Crippen LogP contribution in [0.1, 0.15) is 42.1 Å². The molecule has 2 rings (SSSR count). The molecule has 1 aliphatic heterocycles. The third-order valence-corrected chi connectivity index (χ3v) is 3.47. The van der Waals surface area contributed by atoms with Crippen LogP contribution in [0.4, 0.5) is 5.69 Å². The average Bonchev–Trinajstić information content (AvgIpc) is 2.43. The topological polar surface area (TPSA) is 74.7 Å². The summed E-state index contributed by atoms with van der Waals surface area (Å²) in [7, 11) is 0. The van der Waals surface area contributed by atoms with Crippen LogP contribution in [0, 0.1) is 0 Å². The van der Waals surface area contributed by atoms with E-state index in [1.807, 2.05) is 0 Å². The van der Waals surface area contributed by atoms with Crippen LogP contribution >= 0.6 is 0 Å². The lowest BCUT2D eigenvalue weighted by Crippen LogP contribution is -2.33. The van der Waals surface area contributed by atoms with Gasteiger partial charge < -0.3 is 10.0 Å². The van der Waals surface area contributed by atoms with Crippen molar-refractivity contribution in [1.29, 1.82) is 0 Å². The predicted molar refractivity (Wildman–Crippen MR) is 74.0 cm³/mol. The molecule has 0 saturated carbocycles. The molecule has 0 radical (unpaired) electrons. The first kappa shape index (κ1) is 14.2. The highest BCUT2D eigenvalue weighted by Crippen LogP contribution is 2.28. The zero-order valence-corrected chi connectivity index (χ0v) is 11.4. The summed E-state index contributed by atoms with van der Waals surface area (Å²) in [6.07, 6.45) is 1.55. The van der Waals surface area contributed by atoms with E-state index in [0.717, 1.165) is 24.1 Å². The lowest BCUT2D eigenvalue weighted by Gasteiger charge is -2.28. The molecule has 5 nitrogen and oxygen atoms in total. The van der Waals surface area contributed by atoms with Gasteiger partial charge in [0.25, 0.3) is 0 Å². The number of rotatable bonds is 4. The molecular weight excluding hydrogens is 258 g/mol. The van der Waals surface area contributed by atoms with Crippen LogP contribution in [-0.4, -0.2) is 29.3 Å². The second-order valence-corrected chi connectivity index (χ2v) is 4.93. The van der Waals surface area contributed by atoms with Crippen LogP contribution in [-0.2, 0) is 16.0 Å². The smallest absolute Gasteiger partial charge is 0.303 e. The van der Waals surface area contributed by atoms with Gasteiger partial charge in [-0.05, 0) is 36.6 Å². The largest absolute Gasteiger partial charge is 0.481 e. The van der Waals surface area contributed by atoms with Crippen LogP contribution in [0.2, 0.25) is 0 Å². The monoisotopic (exact) mass is 275 g/mol. The summed E-state index contributed by atoms with van der Waals surface area (Å²) in [5.74, 6) is -1.15. The number of Topliss-reactive ketones (excluding diaryl/α,β-unsaturated/α-hetero) is 1. The van der Waals surface area contributed by atoms with Gasteiger partial charge in [0, 0.05) is 31.1 Å². The molecule has 0 atom stereocenters. The molecule has 106 valence electrons. The van der Waals surface area contributed by atoms with Crippen LogP contribution < -0.4 is 4.90 Å². The highest BCUT2D eigenvalue weighted by Gasteiger charge is 2.21. The Labute approximate surface area is 117 Å². The van der Waals surface area contributed by atoms with Gasteiger partial charge in [-0.1, -0.05) is 0 Å². The summed E-state index contributed by atoms with van der Waals surface area (Å²) in [6, 6.07) is 5.24. The zero-order chi connectivity index (χ0) is 14.7. The van der Waals surface area contributed by atoms with Crippen molar-refractivity contribution in [1.82, 2.24) is 0 Å². The number of carbonyl (C=O) groups is 3. The fraction of sp³-hybridized carbons (Fsp3) is 0.400. The minimum Gasteiger partial charge on any atom is -0.481 e. The molecule has 0 aliphatic carbocycles. The molecule has 1 heterocycles. The first-order valence-electron chi connectivity index (χ1n) is 6.65. The SMILES string of the molecule is CC(=O)N1CCCc2cc(C(=O)CCC(=O)O)ccc21. The molecule has 20 heavy (non-hydrogen) atoms. The Hall–Kier alpha value is -2.17. The van der Waals surface area contributed by atoms with Gasteiger partial charge in [0.2, 0.25) is 5.91 Å². The minimum absolute atomic E-state index is 0.00379. The second-order valence-electron chi connectivity index (χ2n) is 4.93. The third-order valence-electron chi connectivity index (χ3n) is 3.47. The summed E-state index contributed by atoms with van der Waals surface area (Å²) < 4.78 is 0. The molecule has 0 unspecified atom stereocenters. The lowest BCUT2D eigenvalue weighted by molar-refractivity contribution is -0.137. The summed E-state index contributed by atoms with van der Waals surface area (Å²) in [6.45, 7) is 2.23. The number of aliphatic carboxylic acids is 1. The number of nitrogens with zero attached hydrogens (tertiary/aromatic N) is 1. The van der Waals surface area contributed by atoms with E-state index in [-0.39, 0.29) is 24.5 Å². The molecule has 0 spiro atoms. The molecule has 0 saturated heterocycles. The normalized spacial score (nSPS) is 13.8. The van der Waals surface area contributed by atoms with Crippen molar-refractivity contribution in [3.63, 3.8) is 0 Å². The van der Waals surface area contributed by atoms with Gasteiger partial charge in [-0.2, -0.15) is 0 Å². The summed E-state index contributed by atoms with van der Waals surface area (Å²) in [5, 5.41) is 8.60. The number of anilines is 1. The van der Waals surface area contributed by atoms with Gasteiger partial charge in [0.1, 0.15) is 0 Å². The van der Waals surface area contributed by atoms with Crippen molar-refractivity contribution in [3.05, 3.63) is 29.3 Å². The fourth-order valence-corrected chi connectivity index (χ4v) is 2.46. The average molecular weight is 275 g/mol. The number of carbonyl (C=O) groups excluding carboxylic acids is 2. The number of carboxylic acid groups (broad SMARTS) is 1. The highest BCUT2D eigenvalue weighted by atomic mass is 16.4. The van der Waals surface area contributed by atoms with E-state index in [9.17, 15) is 14.4 Å². The van der Waals surface area contributed by atoms with Crippen LogP contribution in [0.5, 0.6) is 0 Å². The summed E-state index contributed by atoms with van der Waals surface area (Å²) in [4.78, 5) is 35.7. The van der Waals surface area contributed by atoms with E-state index < -0.39 is 5.97 Å². The number of hydrogen-bond acceptors (Lipinski definition) is 3. The maximum absolute atomic E-state index is 11.9. The van der Waals surface area contributed by atoms with Crippen molar-refractivity contribution in [2.75, 3.05) is 11.4 Å². The van der Waals surface area contributed by atoms with Crippen molar-refractivity contribution >= 4 is 23.3 Å². The van der Waals surface area contributed by atoms with Gasteiger partial charge in [0.15, 0.2) is 5.78 Å². The molecule has 1 aromatic rings. The molecule has 0 fully saturated rings. The number of hydrogen-bond donors (Lipinski definition) is 1. The molecule has 0 aromatic heterocycles. The molecule has 0 bridgehead atoms. The molecule has 1 aliphatic rings. The Kier molecular flexibility index (Phi) is 4.17. The zero-order valence-electron chi connectivity index (χ0n) is 11.4. The number of aryl methyl sites for hydroxylation is 1. The van der Waals surface area contributed by atoms with Crippen molar-refractivity contribution in [3.8, 4) is 0 Å². The van der Waals surface area contributed by atoms with E-state index in [2.05, 4.69) is 0 Å². The summed E-state index contributed by atoms with van der Waals surface area (Å²) >= 11 is 0. The Morgan fingerprint density at radius 3 is 2.65 bits per heavy atom. The van der Waals surface area contributed by atoms with E-state index >= 15 is 0 Å². The quantitative estimate of drug-likeness (QED) is 0.853. The fourth-order valence-electron chi connectivity index (χ4n) is 2.46. The first-order valence-corrected chi connectivity index (χ1v) is 6.65. The highest BCUT2D eigenvalue weighted by molar-refractivity contribution is 5.99. The van der Waals surface area contributed by atoms with E-state index in [4.69, 9.17) is 5.11 Å². The Morgan fingerprint density at radius 1 is 1.25 bits per heavy atom. The first-order chi connectivity index (χ1) is 9.49. The number of ketones is 1. The van der Waals surface area contributed by atoms with Crippen molar-refractivity contribution in [2.24, 2.45) is 0 Å². The summed E-state index contributed by atoms with van der Waals surface area (Å²) in [5.41, 5.74) is 2.36. The minimum atomic E-state index is -0.973. The standard InChI is InChI=1S/C15H17NO4/c1-10(17)16-8-2-3-11-9-12(4-5-13(11)16)14(18)6-7-15(19)20/h4-5,9H,2-3,6-8H2,1H3,(H,19,20). The van der Waals surface area contributed by atoms with Gasteiger partial charge in [-0.25, -0.2) is 0 Å². The molecule has 5 heteroatoms. The van der Waals surface area contributed by atoms with E-state index in [1.54, 1.807) is 23.1 Å². The van der Waals surface area contributed by atoms with Crippen LogP contribution in [0.25, 0.3) is 0 Å². The van der Waals surface area contributed by atoms with Gasteiger partial charge in [-0.15, -0.1) is 0 Å². The van der Waals surface area contributed by atoms with Gasteiger partial charge >= 0.3 is 5.97 Å². The molecule has 1 aromatic carbocycles.